The van der Waals surface area contributed by atoms with E-state index in [1.165, 1.54) is 0 Å². The van der Waals surface area contributed by atoms with Crippen LogP contribution >= 0.6 is 0 Å². The van der Waals surface area contributed by atoms with Gasteiger partial charge in [0.1, 0.15) is 23.3 Å². The molecule has 1 saturated heterocycles. The van der Waals surface area contributed by atoms with E-state index in [0.29, 0.717) is 38.4 Å². The Balaban J connectivity index is 1.35. The maximum Gasteiger partial charge on any atom is 0.407 e. The quantitative estimate of drug-likeness (QED) is 0.688. The lowest BCUT2D eigenvalue weighted by Crippen LogP contribution is -2.52. The number of rotatable bonds is 3. The molecule has 5 rings (SSSR count). The highest BCUT2D eigenvalue weighted by Crippen LogP contribution is 2.35. The van der Waals surface area contributed by atoms with Crippen molar-refractivity contribution in [2.24, 2.45) is 0 Å². The molecule has 2 amide bonds. The van der Waals surface area contributed by atoms with Crippen LogP contribution in [0.3, 0.4) is 0 Å². The number of imidazole rings is 1. The summed E-state index contributed by atoms with van der Waals surface area (Å²) >= 11 is 0. The highest BCUT2D eigenvalue weighted by Gasteiger charge is 2.41. The number of aromatic nitrogens is 2. The SMILES string of the molecule is CC(C)(C)OC(=O)N[C@H]1C[C@@H](N2Cc3nc4n(c3C2)CCNC4=O)CO[C@@H]1c1cc(F)ccc1F. The summed E-state index contributed by atoms with van der Waals surface area (Å²) in [4.78, 5) is 31.4. The predicted molar refractivity (Wildman–Crippen MR) is 120 cm³/mol. The Morgan fingerprint density at radius 1 is 1.29 bits per heavy atom. The number of nitrogens with zero attached hydrogens (tertiary/aromatic N) is 3. The number of fused-ring (bicyclic) bond motifs is 3. The number of halogens is 2. The van der Waals surface area contributed by atoms with Gasteiger partial charge in [-0.15, -0.1) is 0 Å². The fourth-order valence-electron chi connectivity index (χ4n) is 5.02. The lowest BCUT2D eigenvalue weighted by molar-refractivity contribution is -0.0630. The van der Waals surface area contributed by atoms with E-state index in [-0.39, 0.29) is 24.1 Å². The molecule has 4 heterocycles. The smallest absolute Gasteiger partial charge is 0.407 e. The van der Waals surface area contributed by atoms with Gasteiger partial charge in [0, 0.05) is 37.8 Å². The second-order valence-electron chi connectivity index (χ2n) is 10.2. The van der Waals surface area contributed by atoms with Gasteiger partial charge in [0.05, 0.1) is 24.0 Å². The Labute approximate surface area is 201 Å². The molecule has 3 aliphatic rings. The summed E-state index contributed by atoms with van der Waals surface area (Å²) in [7, 11) is 0. The highest BCUT2D eigenvalue weighted by molar-refractivity contribution is 5.91. The summed E-state index contributed by atoms with van der Waals surface area (Å²) in [5, 5.41) is 5.62. The minimum absolute atomic E-state index is 0.0557. The van der Waals surface area contributed by atoms with E-state index in [9.17, 15) is 18.4 Å². The lowest BCUT2D eigenvalue weighted by atomic mass is 9.92. The number of carbonyl (C=O) groups excluding carboxylic acids is 2. The van der Waals surface area contributed by atoms with Gasteiger partial charge >= 0.3 is 6.09 Å². The van der Waals surface area contributed by atoms with Gasteiger partial charge in [-0.25, -0.2) is 18.6 Å². The average Bonchev–Trinajstić information content (AvgIpc) is 3.34. The second-order valence-corrected chi connectivity index (χ2v) is 10.2. The van der Waals surface area contributed by atoms with Gasteiger partial charge in [-0.3, -0.25) is 9.69 Å². The minimum atomic E-state index is -0.868. The second kappa shape index (κ2) is 8.87. The van der Waals surface area contributed by atoms with Crippen molar-refractivity contribution in [1.29, 1.82) is 0 Å². The topological polar surface area (TPSA) is 97.7 Å². The third-order valence-electron chi connectivity index (χ3n) is 6.53. The van der Waals surface area contributed by atoms with Crippen molar-refractivity contribution in [3.05, 3.63) is 52.6 Å². The summed E-state index contributed by atoms with van der Waals surface area (Å²) in [5.41, 5.74) is 1.20. The number of benzene rings is 1. The molecule has 1 fully saturated rings. The van der Waals surface area contributed by atoms with Crippen LogP contribution in [0, 0.1) is 11.6 Å². The molecule has 0 unspecified atom stereocenters. The normalized spacial score (nSPS) is 24.5. The molecule has 0 spiro atoms. The van der Waals surface area contributed by atoms with E-state index >= 15 is 0 Å². The van der Waals surface area contributed by atoms with E-state index in [2.05, 4.69) is 20.5 Å². The number of alkyl carbamates (subject to hydrolysis) is 1. The zero-order valence-corrected chi connectivity index (χ0v) is 19.9. The minimum Gasteiger partial charge on any atom is -0.444 e. The van der Waals surface area contributed by atoms with Crippen LogP contribution in [0.15, 0.2) is 18.2 Å². The van der Waals surface area contributed by atoms with Crippen LogP contribution in [-0.4, -0.2) is 57.3 Å². The van der Waals surface area contributed by atoms with E-state index in [4.69, 9.17) is 9.47 Å². The number of ether oxygens (including phenoxy) is 2. The summed E-state index contributed by atoms with van der Waals surface area (Å²) in [5.74, 6) is -0.910. The highest BCUT2D eigenvalue weighted by atomic mass is 19.1. The van der Waals surface area contributed by atoms with Gasteiger partial charge in [0.25, 0.3) is 5.91 Å². The zero-order chi connectivity index (χ0) is 24.9. The summed E-state index contributed by atoms with van der Waals surface area (Å²) in [6, 6.07) is 2.46. The predicted octanol–water partition coefficient (Wildman–Crippen LogP) is 2.64. The molecule has 188 valence electrons. The first-order valence-corrected chi connectivity index (χ1v) is 11.8. The van der Waals surface area contributed by atoms with Crippen LogP contribution in [0.25, 0.3) is 0 Å². The van der Waals surface area contributed by atoms with Crippen LogP contribution in [0.1, 0.15) is 60.9 Å². The van der Waals surface area contributed by atoms with Crippen molar-refractivity contribution in [2.45, 2.75) is 70.6 Å². The van der Waals surface area contributed by atoms with Crippen molar-refractivity contribution in [3.63, 3.8) is 0 Å². The van der Waals surface area contributed by atoms with Crippen molar-refractivity contribution in [3.8, 4) is 0 Å². The fraction of sp³-hybridized carbons (Fsp3) is 0.542. The van der Waals surface area contributed by atoms with Crippen LogP contribution < -0.4 is 10.6 Å². The molecular formula is C24H29F2N5O4. The van der Waals surface area contributed by atoms with E-state index in [0.717, 1.165) is 29.6 Å². The molecule has 35 heavy (non-hydrogen) atoms. The largest absolute Gasteiger partial charge is 0.444 e. The molecule has 0 aliphatic carbocycles. The number of nitrogens with one attached hydrogen (secondary N) is 2. The molecular weight excluding hydrogens is 460 g/mol. The first kappa shape index (κ1) is 23.7. The Hall–Kier alpha value is -3.05. The van der Waals surface area contributed by atoms with E-state index < -0.39 is 35.5 Å². The number of amides is 2. The van der Waals surface area contributed by atoms with E-state index in [1.807, 2.05) is 4.57 Å². The van der Waals surface area contributed by atoms with Crippen molar-refractivity contribution in [1.82, 2.24) is 25.1 Å². The number of hydrogen-bond donors (Lipinski definition) is 2. The zero-order valence-electron chi connectivity index (χ0n) is 19.9. The van der Waals surface area contributed by atoms with Crippen molar-refractivity contribution < 1.29 is 27.8 Å². The molecule has 0 saturated carbocycles. The molecule has 0 radical (unpaired) electrons. The van der Waals surface area contributed by atoms with Crippen LogP contribution in [-0.2, 0) is 29.1 Å². The van der Waals surface area contributed by atoms with Gasteiger partial charge in [-0.05, 0) is 45.4 Å². The molecule has 0 bridgehead atoms. The summed E-state index contributed by atoms with van der Waals surface area (Å²) in [6.07, 6.45) is -1.08. The van der Waals surface area contributed by atoms with Gasteiger partial charge < -0.3 is 24.7 Å². The standard InChI is InChI=1S/C24H29F2N5O4/c1-24(2,3)35-23(33)29-17-9-14(12-34-20(17)15-8-13(25)4-5-16(15)26)30-10-18-19(11-30)31-7-6-27-22(32)21(31)28-18/h4-5,8,14,17,20H,6-7,9-12H2,1-3H3,(H,27,32)(H,29,33)/t14-,17+,20-/m1/s1. The van der Waals surface area contributed by atoms with Crippen molar-refractivity contribution >= 4 is 12.0 Å². The monoisotopic (exact) mass is 489 g/mol. The Bertz CT molecular complexity index is 1160. The fourth-order valence-corrected chi connectivity index (χ4v) is 5.02. The maximum atomic E-state index is 14.6. The lowest BCUT2D eigenvalue weighted by Gasteiger charge is -2.40. The third-order valence-corrected chi connectivity index (χ3v) is 6.53. The van der Waals surface area contributed by atoms with Gasteiger partial charge in [0.15, 0.2) is 5.82 Å². The number of carbonyl (C=O) groups is 2. The average molecular weight is 490 g/mol. The van der Waals surface area contributed by atoms with Crippen LogP contribution in [0.4, 0.5) is 13.6 Å². The molecule has 1 aromatic heterocycles. The Kier molecular flexibility index (Phi) is 6.00. The van der Waals surface area contributed by atoms with Crippen molar-refractivity contribution in [2.75, 3.05) is 13.2 Å². The molecule has 2 N–H and O–H groups in total. The van der Waals surface area contributed by atoms with Crippen LogP contribution in [0.5, 0.6) is 0 Å². The first-order chi connectivity index (χ1) is 16.6. The molecule has 11 heteroatoms. The molecule has 2 aromatic rings. The molecule has 3 atom stereocenters. The molecule has 9 nitrogen and oxygen atoms in total. The maximum absolute atomic E-state index is 14.6. The molecule has 3 aliphatic heterocycles. The van der Waals surface area contributed by atoms with Crippen LogP contribution in [0.2, 0.25) is 0 Å². The van der Waals surface area contributed by atoms with Gasteiger partial charge in [-0.1, -0.05) is 0 Å². The molecule has 1 aromatic carbocycles. The van der Waals surface area contributed by atoms with Gasteiger partial charge in [-0.2, -0.15) is 0 Å². The Morgan fingerprint density at radius 2 is 2.09 bits per heavy atom. The number of hydrogen-bond acceptors (Lipinski definition) is 6. The Morgan fingerprint density at radius 3 is 2.86 bits per heavy atom. The van der Waals surface area contributed by atoms with Gasteiger partial charge in [0.2, 0.25) is 0 Å². The summed E-state index contributed by atoms with van der Waals surface area (Å²) < 4.78 is 42.0. The first-order valence-electron chi connectivity index (χ1n) is 11.8. The third kappa shape index (κ3) is 4.74. The summed E-state index contributed by atoms with van der Waals surface area (Å²) in [6.45, 7) is 7.88. The van der Waals surface area contributed by atoms with E-state index in [1.54, 1.807) is 20.8 Å².